The summed E-state index contributed by atoms with van der Waals surface area (Å²) in [4.78, 5) is 2.88. The van der Waals surface area contributed by atoms with E-state index in [-0.39, 0.29) is 5.02 Å². The van der Waals surface area contributed by atoms with Crippen LogP contribution in [0, 0.1) is 17.1 Å². The number of benzene rings is 1. The molecule has 2 nitrogen and oxygen atoms in total. The van der Waals surface area contributed by atoms with Gasteiger partial charge in [0.1, 0.15) is 5.82 Å². The van der Waals surface area contributed by atoms with Crippen molar-refractivity contribution in [3.8, 4) is 6.07 Å². The van der Waals surface area contributed by atoms with Gasteiger partial charge in [-0.15, -0.1) is 0 Å². The Bertz CT molecular complexity index is 528. The van der Waals surface area contributed by atoms with Gasteiger partial charge in [0.2, 0.25) is 0 Å². The number of H-pyrrole nitrogens is 1. The lowest BCUT2D eigenvalue weighted by Gasteiger charge is -2.08. The van der Waals surface area contributed by atoms with Crippen molar-refractivity contribution in [2.75, 3.05) is 0 Å². The molecule has 0 fully saturated rings. The van der Waals surface area contributed by atoms with Crippen molar-refractivity contribution in [3.05, 3.63) is 58.6 Å². The van der Waals surface area contributed by atoms with Crippen LogP contribution in [0.25, 0.3) is 0 Å². The monoisotopic (exact) mass is 234 g/mol. The second-order valence-electron chi connectivity index (χ2n) is 3.38. The Hall–Kier alpha value is -1.79. The molecular formula is C12H8ClFN2. The van der Waals surface area contributed by atoms with Gasteiger partial charge in [0.25, 0.3) is 0 Å². The van der Waals surface area contributed by atoms with Crippen LogP contribution in [-0.4, -0.2) is 4.98 Å². The van der Waals surface area contributed by atoms with Crippen LogP contribution in [0.5, 0.6) is 0 Å². The highest BCUT2D eigenvalue weighted by Gasteiger charge is 2.15. The van der Waals surface area contributed by atoms with Gasteiger partial charge in [-0.1, -0.05) is 17.7 Å². The molecule has 1 heterocycles. The molecule has 1 N–H and O–H groups in total. The van der Waals surface area contributed by atoms with Crippen LogP contribution in [0.3, 0.4) is 0 Å². The number of halogens is 2. The maximum absolute atomic E-state index is 13.0. The molecule has 16 heavy (non-hydrogen) atoms. The second-order valence-corrected chi connectivity index (χ2v) is 3.79. The van der Waals surface area contributed by atoms with E-state index in [2.05, 4.69) is 11.1 Å². The molecule has 1 aromatic carbocycles. The highest BCUT2D eigenvalue weighted by molar-refractivity contribution is 6.30. The Morgan fingerprint density at radius 3 is 2.69 bits per heavy atom. The first-order valence-electron chi connectivity index (χ1n) is 4.69. The molecule has 80 valence electrons. The van der Waals surface area contributed by atoms with Crippen molar-refractivity contribution >= 4 is 11.6 Å². The van der Waals surface area contributed by atoms with Crippen LogP contribution in [0.2, 0.25) is 5.02 Å². The minimum atomic E-state index is -0.476. The highest BCUT2D eigenvalue weighted by atomic mass is 35.5. The zero-order valence-electron chi connectivity index (χ0n) is 8.24. The van der Waals surface area contributed by atoms with Gasteiger partial charge in [-0.25, -0.2) is 4.39 Å². The number of nitrogens with zero attached hydrogens (tertiary/aromatic N) is 1. The fourth-order valence-electron chi connectivity index (χ4n) is 1.55. The molecule has 4 heteroatoms. The lowest BCUT2D eigenvalue weighted by Crippen LogP contribution is -1.97. The largest absolute Gasteiger partial charge is 0.367 e. The van der Waals surface area contributed by atoms with Crippen LogP contribution >= 0.6 is 11.6 Å². The standard InChI is InChI=1S/C12H8ClFN2/c13-11-5-8(1-2-12(11)14)10(6-15)9-3-4-16-7-9/h1-5,7,10,16H. The normalized spacial score (nSPS) is 12.1. The molecule has 2 rings (SSSR count). The molecule has 0 aliphatic heterocycles. The minimum Gasteiger partial charge on any atom is -0.367 e. The summed E-state index contributed by atoms with van der Waals surface area (Å²) in [6.07, 6.45) is 3.48. The van der Waals surface area contributed by atoms with E-state index in [0.717, 1.165) is 5.56 Å². The lowest BCUT2D eigenvalue weighted by molar-refractivity contribution is 0.627. The van der Waals surface area contributed by atoms with Crippen LogP contribution < -0.4 is 0 Å². The summed E-state index contributed by atoms with van der Waals surface area (Å²) in [7, 11) is 0. The summed E-state index contributed by atoms with van der Waals surface area (Å²) >= 11 is 5.68. The Balaban J connectivity index is 2.43. The fourth-order valence-corrected chi connectivity index (χ4v) is 1.74. The molecule has 0 aliphatic rings. The van der Waals surface area contributed by atoms with Crippen molar-refractivity contribution in [2.45, 2.75) is 5.92 Å². The van der Waals surface area contributed by atoms with Gasteiger partial charge < -0.3 is 4.98 Å². The summed E-state index contributed by atoms with van der Waals surface area (Å²) in [5, 5.41) is 9.15. The number of hydrogen-bond acceptors (Lipinski definition) is 1. The van der Waals surface area contributed by atoms with Gasteiger partial charge in [-0.3, -0.25) is 0 Å². The predicted octanol–water partition coefficient (Wildman–Crippen LogP) is 3.46. The van der Waals surface area contributed by atoms with Crippen molar-refractivity contribution in [2.24, 2.45) is 0 Å². The average molecular weight is 235 g/mol. The van der Waals surface area contributed by atoms with E-state index in [0.29, 0.717) is 5.56 Å². The minimum absolute atomic E-state index is 0.0354. The van der Waals surface area contributed by atoms with E-state index in [1.165, 1.54) is 12.1 Å². The zero-order valence-corrected chi connectivity index (χ0v) is 9.00. The fraction of sp³-hybridized carbons (Fsp3) is 0.0833. The molecule has 0 radical (unpaired) electrons. The predicted molar refractivity (Wildman–Crippen MR) is 59.7 cm³/mol. The third-order valence-corrected chi connectivity index (χ3v) is 2.65. The van der Waals surface area contributed by atoms with E-state index in [4.69, 9.17) is 16.9 Å². The van der Waals surface area contributed by atoms with Crippen LogP contribution in [0.15, 0.2) is 36.7 Å². The molecule has 2 aromatic rings. The Kier molecular flexibility index (Phi) is 2.93. The van der Waals surface area contributed by atoms with Crippen molar-refractivity contribution in [1.29, 1.82) is 5.26 Å². The highest BCUT2D eigenvalue weighted by Crippen LogP contribution is 2.26. The van der Waals surface area contributed by atoms with E-state index >= 15 is 0 Å². The molecular weight excluding hydrogens is 227 g/mol. The third-order valence-electron chi connectivity index (χ3n) is 2.36. The van der Waals surface area contributed by atoms with Gasteiger partial charge in [-0.05, 0) is 29.3 Å². The molecule has 0 spiro atoms. The van der Waals surface area contributed by atoms with E-state index < -0.39 is 11.7 Å². The van der Waals surface area contributed by atoms with Crippen molar-refractivity contribution in [1.82, 2.24) is 4.98 Å². The molecule has 0 amide bonds. The lowest BCUT2D eigenvalue weighted by atomic mass is 9.95. The maximum Gasteiger partial charge on any atom is 0.141 e. The summed E-state index contributed by atoms with van der Waals surface area (Å²) in [6, 6.07) is 8.30. The Morgan fingerprint density at radius 2 is 2.12 bits per heavy atom. The zero-order chi connectivity index (χ0) is 11.5. The maximum atomic E-state index is 13.0. The van der Waals surface area contributed by atoms with Crippen LogP contribution in [-0.2, 0) is 0 Å². The summed E-state index contributed by atoms with van der Waals surface area (Å²) in [6.45, 7) is 0. The number of rotatable bonds is 2. The number of nitriles is 1. The number of aromatic amines is 1. The summed E-state index contributed by atoms with van der Waals surface area (Å²) in [5.74, 6) is -0.902. The first-order valence-corrected chi connectivity index (χ1v) is 5.07. The van der Waals surface area contributed by atoms with Gasteiger partial charge in [0, 0.05) is 12.4 Å². The molecule has 0 saturated heterocycles. The molecule has 0 aliphatic carbocycles. The smallest absolute Gasteiger partial charge is 0.141 e. The molecule has 0 saturated carbocycles. The second kappa shape index (κ2) is 4.38. The molecule has 1 unspecified atom stereocenters. The summed E-state index contributed by atoms with van der Waals surface area (Å²) in [5.41, 5.74) is 1.53. The third kappa shape index (κ3) is 1.93. The average Bonchev–Trinajstić information content (AvgIpc) is 2.78. The van der Waals surface area contributed by atoms with Gasteiger partial charge in [0.15, 0.2) is 0 Å². The van der Waals surface area contributed by atoms with E-state index in [9.17, 15) is 4.39 Å². The summed E-state index contributed by atoms with van der Waals surface area (Å²) < 4.78 is 13.0. The van der Waals surface area contributed by atoms with E-state index in [1.54, 1.807) is 18.5 Å². The Labute approximate surface area is 97.3 Å². The van der Waals surface area contributed by atoms with Gasteiger partial charge in [0.05, 0.1) is 17.0 Å². The van der Waals surface area contributed by atoms with Crippen LogP contribution in [0.1, 0.15) is 17.0 Å². The number of aromatic nitrogens is 1. The quantitative estimate of drug-likeness (QED) is 0.849. The molecule has 0 bridgehead atoms. The number of hydrogen-bond donors (Lipinski definition) is 1. The van der Waals surface area contributed by atoms with Gasteiger partial charge >= 0.3 is 0 Å². The first-order chi connectivity index (χ1) is 7.72. The Morgan fingerprint density at radius 1 is 1.31 bits per heavy atom. The number of nitrogens with one attached hydrogen (secondary N) is 1. The van der Waals surface area contributed by atoms with Crippen LogP contribution in [0.4, 0.5) is 4.39 Å². The van der Waals surface area contributed by atoms with Gasteiger partial charge in [-0.2, -0.15) is 5.26 Å². The van der Waals surface area contributed by atoms with Crippen molar-refractivity contribution < 1.29 is 4.39 Å². The molecule has 1 atom stereocenters. The first kappa shape index (κ1) is 10.7. The SMILES string of the molecule is N#CC(c1cc[nH]c1)c1ccc(F)c(Cl)c1. The van der Waals surface area contributed by atoms with Crippen molar-refractivity contribution in [3.63, 3.8) is 0 Å². The topological polar surface area (TPSA) is 39.6 Å². The molecule has 1 aromatic heterocycles. The van der Waals surface area contributed by atoms with E-state index in [1.807, 2.05) is 6.07 Å².